The van der Waals surface area contributed by atoms with Crippen molar-refractivity contribution in [3.05, 3.63) is 96.1 Å². The van der Waals surface area contributed by atoms with Gasteiger partial charge in [0.1, 0.15) is 0 Å². The van der Waals surface area contributed by atoms with Crippen molar-refractivity contribution in [2.45, 2.75) is 12.8 Å². The van der Waals surface area contributed by atoms with Gasteiger partial charge in [-0.2, -0.15) is 0 Å². The summed E-state index contributed by atoms with van der Waals surface area (Å²) in [5.41, 5.74) is 5.68. The summed E-state index contributed by atoms with van der Waals surface area (Å²) < 4.78 is 0. The van der Waals surface area contributed by atoms with Crippen molar-refractivity contribution in [1.82, 2.24) is 0 Å². The fraction of sp³-hybridized carbons (Fsp3) is 0.0909. The maximum Gasteiger partial charge on any atom is -0.0120 e. The molecule has 0 atom stereocenters. The van der Waals surface area contributed by atoms with E-state index in [0.29, 0.717) is 0 Å². The van der Waals surface area contributed by atoms with Gasteiger partial charge in [-0.1, -0.05) is 84.9 Å². The second-order valence-electron chi connectivity index (χ2n) is 5.78. The largest absolute Gasteiger partial charge is 0.0622 e. The number of benzene rings is 2. The van der Waals surface area contributed by atoms with E-state index in [1.807, 2.05) is 6.07 Å². The Labute approximate surface area is 131 Å². The normalized spacial score (nSPS) is 12.2. The van der Waals surface area contributed by atoms with Gasteiger partial charge < -0.3 is 0 Å². The van der Waals surface area contributed by atoms with Gasteiger partial charge in [0, 0.05) is 0 Å². The third-order valence-electron chi connectivity index (χ3n) is 4.40. The average molecular weight is 282 g/mol. The molecule has 5 rings (SSSR count). The first kappa shape index (κ1) is 13.1. The van der Waals surface area contributed by atoms with E-state index in [9.17, 15) is 0 Å². The minimum Gasteiger partial charge on any atom is -0.0622 e. The van der Waals surface area contributed by atoms with Gasteiger partial charge in [0.05, 0.1) is 0 Å². The monoisotopic (exact) mass is 282 g/mol. The number of fused-ring (bicyclic) bond motifs is 1. The Balaban J connectivity index is 0.000000116. The van der Waals surface area contributed by atoms with Gasteiger partial charge >= 0.3 is 0 Å². The topological polar surface area (TPSA) is 0 Å². The van der Waals surface area contributed by atoms with Crippen LogP contribution in [0.3, 0.4) is 0 Å². The minimum atomic E-state index is 1.23. The van der Waals surface area contributed by atoms with Crippen LogP contribution in [-0.2, 0) is 12.8 Å². The fourth-order valence-corrected chi connectivity index (χ4v) is 3.32. The molecule has 0 fully saturated rings. The molecule has 0 spiro atoms. The molecule has 3 aliphatic rings. The number of hydrogen-bond acceptors (Lipinski definition) is 0. The van der Waals surface area contributed by atoms with Gasteiger partial charge in [-0.25, -0.2) is 0 Å². The molecule has 0 radical (unpaired) electrons. The van der Waals surface area contributed by atoms with Crippen molar-refractivity contribution >= 4 is 10.8 Å². The highest BCUT2D eigenvalue weighted by Gasteiger charge is 2.11. The zero-order valence-electron chi connectivity index (χ0n) is 12.5. The van der Waals surface area contributed by atoms with E-state index in [-0.39, 0.29) is 0 Å². The fourth-order valence-electron chi connectivity index (χ4n) is 3.32. The van der Waals surface area contributed by atoms with Gasteiger partial charge in [0.2, 0.25) is 0 Å². The predicted octanol–water partition coefficient (Wildman–Crippen LogP) is 5.73. The molecule has 0 aliphatic heterocycles. The lowest BCUT2D eigenvalue weighted by Gasteiger charge is -1.99. The van der Waals surface area contributed by atoms with E-state index in [2.05, 4.69) is 78.9 Å². The molecule has 2 aromatic rings. The van der Waals surface area contributed by atoms with Crippen LogP contribution in [0.4, 0.5) is 0 Å². The highest BCUT2D eigenvalue weighted by atomic mass is 14.2. The van der Waals surface area contributed by atoms with Crippen LogP contribution in [0.15, 0.2) is 84.9 Å². The first-order valence-corrected chi connectivity index (χ1v) is 7.85. The maximum atomic E-state index is 2.25. The Morgan fingerprint density at radius 3 is 1.55 bits per heavy atom. The Hall–Kier alpha value is -2.60. The average Bonchev–Trinajstić information content (AvgIpc) is 3.12. The molecule has 2 aromatic carbocycles. The summed E-state index contributed by atoms with van der Waals surface area (Å²) in [7, 11) is 0. The summed E-state index contributed by atoms with van der Waals surface area (Å²) in [6, 6.07) is 29.9. The maximum absolute atomic E-state index is 2.25. The molecule has 0 bridgehead atoms. The van der Waals surface area contributed by atoms with Gasteiger partial charge in [0.15, 0.2) is 0 Å². The smallest absolute Gasteiger partial charge is 0.0120 e. The highest BCUT2D eigenvalue weighted by Crippen LogP contribution is 2.29. The van der Waals surface area contributed by atoms with Crippen LogP contribution in [0.25, 0.3) is 21.9 Å². The van der Waals surface area contributed by atoms with Crippen molar-refractivity contribution in [2.75, 3.05) is 0 Å². The molecule has 106 valence electrons. The summed E-state index contributed by atoms with van der Waals surface area (Å²) >= 11 is 0. The third-order valence-corrected chi connectivity index (χ3v) is 4.40. The summed E-state index contributed by atoms with van der Waals surface area (Å²) in [6.07, 6.45) is 2.47. The summed E-state index contributed by atoms with van der Waals surface area (Å²) in [5.74, 6) is 0. The molecule has 0 aromatic heterocycles. The van der Waals surface area contributed by atoms with Crippen LogP contribution < -0.4 is 0 Å². The first-order chi connectivity index (χ1) is 10.9. The molecule has 0 N–H and O–H groups in total. The van der Waals surface area contributed by atoms with E-state index < -0.39 is 0 Å². The van der Waals surface area contributed by atoms with Crippen LogP contribution in [0.5, 0.6) is 0 Å². The summed E-state index contributed by atoms with van der Waals surface area (Å²) in [4.78, 5) is 0. The van der Waals surface area contributed by atoms with Gasteiger partial charge in [-0.15, -0.1) is 0 Å². The first-order valence-electron chi connectivity index (χ1n) is 7.85. The van der Waals surface area contributed by atoms with Crippen molar-refractivity contribution in [3.8, 4) is 11.1 Å². The number of rotatable bonds is 0. The van der Waals surface area contributed by atoms with Crippen molar-refractivity contribution in [1.29, 1.82) is 0 Å². The van der Waals surface area contributed by atoms with E-state index in [0.717, 1.165) is 0 Å². The molecule has 3 aliphatic carbocycles. The van der Waals surface area contributed by atoms with E-state index >= 15 is 0 Å². The standard InChI is InChI=1S/C12H10.C10H8/c1-3-9-4-2-6-11-8-7-10(5-1)12(9)11;1-2-5-9-7-4-8-10(9)6-3-1/h1-6H,7-8H2;1-8H. The molecular formula is C22H18. The van der Waals surface area contributed by atoms with Gasteiger partial charge in [-0.05, 0) is 45.9 Å². The number of hydrogen-bond donors (Lipinski definition) is 0. The molecule has 0 nitrogen and oxygen atoms in total. The van der Waals surface area contributed by atoms with Gasteiger partial charge in [0.25, 0.3) is 0 Å². The van der Waals surface area contributed by atoms with Crippen LogP contribution >= 0.6 is 0 Å². The SMILES string of the molecule is c1cc2c3c(cccc3c1)CC2.c1ccc2cccc-2cc1. The van der Waals surface area contributed by atoms with Gasteiger partial charge in [-0.3, -0.25) is 0 Å². The van der Waals surface area contributed by atoms with E-state index in [4.69, 9.17) is 0 Å². The van der Waals surface area contributed by atoms with Crippen LogP contribution in [0.1, 0.15) is 11.1 Å². The lowest BCUT2D eigenvalue weighted by Crippen LogP contribution is -1.76. The Bertz CT molecular complexity index is 822. The van der Waals surface area contributed by atoms with E-state index in [1.54, 1.807) is 0 Å². The quantitative estimate of drug-likeness (QED) is 0.386. The Kier molecular flexibility index (Phi) is 3.36. The van der Waals surface area contributed by atoms with E-state index in [1.165, 1.54) is 45.9 Å². The lowest BCUT2D eigenvalue weighted by atomic mass is 10.1. The minimum absolute atomic E-state index is 1.23. The Morgan fingerprint density at radius 1 is 0.455 bits per heavy atom. The Morgan fingerprint density at radius 2 is 0.955 bits per heavy atom. The van der Waals surface area contributed by atoms with Crippen LogP contribution in [0.2, 0.25) is 0 Å². The molecule has 0 saturated carbocycles. The van der Waals surface area contributed by atoms with Crippen molar-refractivity contribution in [3.63, 3.8) is 0 Å². The highest BCUT2D eigenvalue weighted by molar-refractivity contribution is 5.90. The summed E-state index contributed by atoms with van der Waals surface area (Å²) in [5, 5.41) is 2.92. The second kappa shape index (κ2) is 5.65. The zero-order chi connectivity index (χ0) is 14.8. The number of aryl methyl sites for hydroxylation is 2. The third kappa shape index (κ3) is 2.37. The van der Waals surface area contributed by atoms with Crippen molar-refractivity contribution in [2.24, 2.45) is 0 Å². The lowest BCUT2D eigenvalue weighted by molar-refractivity contribution is 1.02. The molecule has 0 heterocycles. The molecule has 22 heavy (non-hydrogen) atoms. The molecule has 0 saturated heterocycles. The molecule has 0 unspecified atom stereocenters. The van der Waals surface area contributed by atoms with Crippen molar-refractivity contribution < 1.29 is 0 Å². The summed E-state index contributed by atoms with van der Waals surface area (Å²) in [6.45, 7) is 0. The van der Waals surface area contributed by atoms with Crippen LogP contribution in [-0.4, -0.2) is 0 Å². The zero-order valence-corrected chi connectivity index (χ0v) is 12.5. The molecular weight excluding hydrogens is 264 g/mol. The van der Waals surface area contributed by atoms with Crippen LogP contribution in [0, 0.1) is 0 Å². The molecule has 0 amide bonds. The predicted molar refractivity (Wildman–Crippen MR) is 94.4 cm³/mol. The molecule has 0 heteroatoms. The second-order valence-corrected chi connectivity index (χ2v) is 5.78.